The minimum atomic E-state index is -0.00171. The van der Waals surface area contributed by atoms with E-state index in [-0.39, 0.29) is 11.9 Å². The molecule has 1 rings (SSSR count). The lowest BCUT2D eigenvalue weighted by Crippen LogP contribution is -2.38. The van der Waals surface area contributed by atoms with E-state index in [1.54, 1.807) is 6.07 Å². The second-order valence-corrected chi connectivity index (χ2v) is 4.51. The molecule has 1 amide bonds. The number of hydrogen-bond acceptors (Lipinski definition) is 2. The number of nitrogens with zero attached hydrogens (tertiary/aromatic N) is 2. The lowest BCUT2D eigenvalue weighted by atomic mass is 10.2. The highest BCUT2D eigenvalue weighted by Gasteiger charge is 2.19. The summed E-state index contributed by atoms with van der Waals surface area (Å²) in [4.78, 5) is 18.2. The van der Waals surface area contributed by atoms with E-state index >= 15 is 0 Å². The summed E-state index contributed by atoms with van der Waals surface area (Å²) in [6.07, 6.45) is 0.952. The molecule has 0 fully saturated rings. The topological polar surface area (TPSA) is 33.2 Å². The fourth-order valence-electron chi connectivity index (χ4n) is 1.55. The number of amides is 1. The lowest BCUT2D eigenvalue weighted by molar-refractivity contribution is 0.0693. The highest BCUT2D eigenvalue weighted by atomic mass is 79.9. The maximum Gasteiger partial charge on any atom is 0.272 e. The number of hydrogen-bond donors (Lipinski definition) is 0. The van der Waals surface area contributed by atoms with E-state index in [9.17, 15) is 4.79 Å². The van der Waals surface area contributed by atoms with Crippen molar-refractivity contribution in [2.75, 3.05) is 6.54 Å². The van der Waals surface area contributed by atoms with Gasteiger partial charge in [0, 0.05) is 12.6 Å². The first-order valence-electron chi connectivity index (χ1n) is 5.53. The SMILES string of the molecule is CCC(C)N(CC)C(=O)c1cccc(Br)n1. The molecule has 1 aromatic rings. The minimum absolute atomic E-state index is 0.00171. The second kappa shape index (κ2) is 5.99. The monoisotopic (exact) mass is 284 g/mol. The van der Waals surface area contributed by atoms with Gasteiger partial charge in [-0.05, 0) is 48.3 Å². The number of halogens is 1. The van der Waals surface area contributed by atoms with Crippen molar-refractivity contribution in [2.45, 2.75) is 33.2 Å². The standard InChI is InChI=1S/C12H17BrN2O/c1-4-9(3)15(5-2)12(16)10-7-6-8-11(13)14-10/h6-9H,4-5H2,1-3H3. The van der Waals surface area contributed by atoms with Gasteiger partial charge in [0.15, 0.2) is 0 Å². The molecule has 0 aliphatic carbocycles. The molecule has 0 bridgehead atoms. The third-order valence-electron chi connectivity index (χ3n) is 2.66. The molecule has 1 aromatic heterocycles. The third kappa shape index (κ3) is 3.04. The van der Waals surface area contributed by atoms with Crippen LogP contribution in [0.4, 0.5) is 0 Å². The number of aromatic nitrogens is 1. The summed E-state index contributed by atoms with van der Waals surface area (Å²) in [6, 6.07) is 5.64. The molecular formula is C12H17BrN2O. The van der Waals surface area contributed by atoms with Gasteiger partial charge in [-0.25, -0.2) is 4.98 Å². The van der Waals surface area contributed by atoms with Crippen LogP contribution in [0, 0.1) is 0 Å². The minimum Gasteiger partial charge on any atom is -0.335 e. The number of rotatable bonds is 4. The van der Waals surface area contributed by atoms with Gasteiger partial charge >= 0.3 is 0 Å². The van der Waals surface area contributed by atoms with Crippen molar-refractivity contribution in [1.29, 1.82) is 0 Å². The first kappa shape index (κ1) is 13.2. The highest BCUT2D eigenvalue weighted by Crippen LogP contribution is 2.11. The van der Waals surface area contributed by atoms with E-state index in [0.29, 0.717) is 16.8 Å². The van der Waals surface area contributed by atoms with E-state index in [1.165, 1.54) is 0 Å². The largest absolute Gasteiger partial charge is 0.335 e. The quantitative estimate of drug-likeness (QED) is 0.796. The normalized spacial score (nSPS) is 12.2. The van der Waals surface area contributed by atoms with Crippen LogP contribution in [0.3, 0.4) is 0 Å². The molecule has 0 aliphatic heterocycles. The molecule has 1 atom stereocenters. The molecule has 1 unspecified atom stereocenters. The molecule has 3 nitrogen and oxygen atoms in total. The summed E-state index contributed by atoms with van der Waals surface area (Å²) < 4.78 is 0.693. The van der Waals surface area contributed by atoms with Crippen LogP contribution in [0.5, 0.6) is 0 Å². The zero-order chi connectivity index (χ0) is 12.1. The molecule has 0 saturated carbocycles. The van der Waals surface area contributed by atoms with E-state index in [1.807, 2.05) is 24.0 Å². The van der Waals surface area contributed by atoms with Crippen molar-refractivity contribution in [2.24, 2.45) is 0 Å². The van der Waals surface area contributed by atoms with Crippen molar-refractivity contribution < 1.29 is 4.79 Å². The zero-order valence-corrected chi connectivity index (χ0v) is 11.5. The lowest BCUT2D eigenvalue weighted by Gasteiger charge is -2.26. The van der Waals surface area contributed by atoms with E-state index in [2.05, 4.69) is 34.8 Å². The maximum absolute atomic E-state index is 12.2. The van der Waals surface area contributed by atoms with Gasteiger partial charge in [-0.1, -0.05) is 13.0 Å². The summed E-state index contributed by atoms with van der Waals surface area (Å²) in [5.74, 6) is -0.00171. The summed E-state index contributed by atoms with van der Waals surface area (Å²) >= 11 is 3.27. The molecule has 0 saturated heterocycles. The second-order valence-electron chi connectivity index (χ2n) is 3.69. The molecular weight excluding hydrogens is 268 g/mol. The summed E-state index contributed by atoms with van der Waals surface area (Å²) in [5, 5.41) is 0. The number of carbonyl (C=O) groups is 1. The van der Waals surface area contributed by atoms with Crippen molar-refractivity contribution in [3.8, 4) is 0 Å². The van der Waals surface area contributed by atoms with Crippen LogP contribution in [0.25, 0.3) is 0 Å². The van der Waals surface area contributed by atoms with Gasteiger partial charge in [0.2, 0.25) is 0 Å². The predicted molar refractivity (Wildman–Crippen MR) is 68.4 cm³/mol. The van der Waals surface area contributed by atoms with Crippen LogP contribution < -0.4 is 0 Å². The molecule has 0 N–H and O–H groups in total. The fraction of sp³-hybridized carbons (Fsp3) is 0.500. The summed E-state index contributed by atoms with van der Waals surface area (Å²) in [7, 11) is 0. The molecule has 1 heterocycles. The Morgan fingerprint density at radius 1 is 1.50 bits per heavy atom. The van der Waals surface area contributed by atoms with Crippen LogP contribution in [0.2, 0.25) is 0 Å². The summed E-state index contributed by atoms with van der Waals surface area (Å²) in [6.45, 7) is 6.83. The van der Waals surface area contributed by atoms with Crippen LogP contribution in [0.15, 0.2) is 22.8 Å². The van der Waals surface area contributed by atoms with Gasteiger partial charge in [0.25, 0.3) is 5.91 Å². The molecule has 0 spiro atoms. The third-order valence-corrected chi connectivity index (χ3v) is 3.10. The fourth-order valence-corrected chi connectivity index (χ4v) is 1.89. The Hall–Kier alpha value is -0.900. The number of carbonyl (C=O) groups excluding carboxylic acids is 1. The molecule has 4 heteroatoms. The van der Waals surface area contributed by atoms with Crippen LogP contribution in [-0.2, 0) is 0 Å². The van der Waals surface area contributed by atoms with Gasteiger partial charge in [-0.3, -0.25) is 4.79 Å². The van der Waals surface area contributed by atoms with Gasteiger partial charge < -0.3 is 4.90 Å². The summed E-state index contributed by atoms with van der Waals surface area (Å²) in [5.41, 5.74) is 0.497. The average molecular weight is 285 g/mol. The molecule has 0 aromatic carbocycles. The van der Waals surface area contributed by atoms with Crippen LogP contribution in [-0.4, -0.2) is 28.4 Å². The number of pyridine rings is 1. The van der Waals surface area contributed by atoms with E-state index < -0.39 is 0 Å². The zero-order valence-electron chi connectivity index (χ0n) is 9.90. The molecule has 16 heavy (non-hydrogen) atoms. The predicted octanol–water partition coefficient (Wildman–Crippen LogP) is 3.10. The smallest absolute Gasteiger partial charge is 0.272 e. The average Bonchev–Trinajstić information content (AvgIpc) is 2.29. The van der Waals surface area contributed by atoms with Crippen LogP contribution >= 0.6 is 15.9 Å². The van der Waals surface area contributed by atoms with Gasteiger partial charge in [-0.15, -0.1) is 0 Å². The van der Waals surface area contributed by atoms with Gasteiger partial charge in [-0.2, -0.15) is 0 Å². The van der Waals surface area contributed by atoms with E-state index in [4.69, 9.17) is 0 Å². The Bertz CT molecular complexity index is 368. The van der Waals surface area contributed by atoms with Gasteiger partial charge in [0.1, 0.15) is 10.3 Å². The first-order chi connectivity index (χ1) is 7.60. The molecule has 0 aliphatic rings. The Morgan fingerprint density at radius 3 is 2.69 bits per heavy atom. The molecule has 88 valence electrons. The van der Waals surface area contributed by atoms with Crippen molar-refractivity contribution in [3.05, 3.63) is 28.5 Å². The Kier molecular flexibility index (Phi) is 4.93. The Balaban J connectivity index is 2.91. The van der Waals surface area contributed by atoms with Crippen LogP contribution in [0.1, 0.15) is 37.7 Å². The van der Waals surface area contributed by atoms with Crippen molar-refractivity contribution in [3.63, 3.8) is 0 Å². The van der Waals surface area contributed by atoms with Crippen molar-refractivity contribution >= 4 is 21.8 Å². The Morgan fingerprint density at radius 2 is 2.19 bits per heavy atom. The van der Waals surface area contributed by atoms with E-state index in [0.717, 1.165) is 6.42 Å². The van der Waals surface area contributed by atoms with Crippen molar-refractivity contribution in [1.82, 2.24) is 9.88 Å². The Labute approximate surface area is 105 Å². The maximum atomic E-state index is 12.2. The first-order valence-corrected chi connectivity index (χ1v) is 6.33. The van der Waals surface area contributed by atoms with Gasteiger partial charge in [0.05, 0.1) is 0 Å². The highest BCUT2D eigenvalue weighted by molar-refractivity contribution is 9.10. The molecule has 0 radical (unpaired) electrons.